The second kappa shape index (κ2) is 11.5. The summed E-state index contributed by atoms with van der Waals surface area (Å²) >= 11 is 17.0. The van der Waals surface area contributed by atoms with E-state index >= 15 is 0 Å². The predicted octanol–water partition coefficient (Wildman–Crippen LogP) is 4.19. The van der Waals surface area contributed by atoms with Gasteiger partial charge in [0.1, 0.15) is 17.2 Å². The number of carbonyl (C=O) groups is 1. The lowest BCUT2D eigenvalue weighted by Crippen LogP contribution is -2.43. The van der Waals surface area contributed by atoms with Crippen LogP contribution < -0.4 is 30.4 Å². The van der Waals surface area contributed by atoms with Crippen molar-refractivity contribution in [1.82, 2.24) is 10.9 Å². The van der Waals surface area contributed by atoms with Crippen LogP contribution in [-0.2, 0) is 4.79 Å². The van der Waals surface area contributed by atoms with Gasteiger partial charge in [-0.3, -0.25) is 15.6 Å². The summed E-state index contributed by atoms with van der Waals surface area (Å²) < 4.78 is 16.0. The summed E-state index contributed by atoms with van der Waals surface area (Å²) in [6.07, 6.45) is 0.736. The molecule has 2 aromatic rings. The summed E-state index contributed by atoms with van der Waals surface area (Å²) in [7, 11) is 3.11. The third kappa shape index (κ3) is 7.49. The molecule has 156 valence electrons. The Morgan fingerprint density at radius 3 is 2.48 bits per heavy atom. The molecule has 1 amide bonds. The molecular weight excluding hydrogens is 437 g/mol. The van der Waals surface area contributed by atoms with Crippen LogP contribution in [0.1, 0.15) is 12.8 Å². The highest BCUT2D eigenvalue weighted by Gasteiger charge is 2.08. The molecule has 3 N–H and O–H groups in total. The van der Waals surface area contributed by atoms with E-state index in [4.69, 9.17) is 49.6 Å². The van der Waals surface area contributed by atoms with Gasteiger partial charge in [-0.15, -0.1) is 0 Å². The van der Waals surface area contributed by atoms with Crippen molar-refractivity contribution in [3.8, 4) is 17.2 Å². The van der Waals surface area contributed by atoms with Gasteiger partial charge in [0.15, 0.2) is 5.11 Å². The standard InChI is InChI=1S/C19H21Cl2N3O4S/c1-26-13-6-8-17(27-2)15(11-13)22-19(29)24-23-18(25)4-3-9-28-16-7-5-12(20)10-14(16)21/h5-8,10-11H,3-4,9H2,1-2H3,(H,23,25)(H2,22,24,29). The van der Waals surface area contributed by atoms with Crippen molar-refractivity contribution in [2.24, 2.45) is 0 Å². The van der Waals surface area contributed by atoms with Crippen LogP contribution in [0, 0.1) is 0 Å². The van der Waals surface area contributed by atoms with E-state index in [-0.39, 0.29) is 17.4 Å². The lowest BCUT2D eigenvalue weighted by molar-refractivity contribution is -0.121. The second-order valence-electron chi connectivity index (χ2n) is 5.72. The minimum absolute atomic E-state index is 0.203. The van der Waals surface area contributed by atoms with Gasteiger partial charge in [-0.1, -0.05) is 23.2 Å². The number of halogens is 2. The molecule has 0 aliphatic carbocycles. The SMILES string of the molecule is COc1ccc(OC)c(NC(=S)NNC(=O)CCCOc2ccc(Cl)cc2Cl)c1. The van der Waals surface area contributed by atoms with Crippen molar-refractivity contribution in [3.05, 3.63) is 46.4 Å². The van der Waals surface area contributed by atoms with Gasteiger partial charge in [0.05, 0.1) is 31.5 Å². The molecule has 0 aliphatic rings. The zero-order valence-corrected chi connectivity index (χ0v) is 18.2. The van der Waals surface area contributed by atoms with Crippen molar-refractivity contribution in [2.75, 3.05) is 26.1 Å². The van der Waals surface area contributed by atoms with Crippen LogP contribution in [-0.4, -0.2) is 31.8 Å². The maximum absolute atomic E-state index is 11.9. The highest BCUT2D eigenvalue weighted by atomic mass is 35.5. The first-order valence-corrected chi connectivity index (χ1v) is 9.75. The fraction of sp³-hybridized carbons (Fsp3) is 0.263. The maximum atomic E-state index is 11.9. The van der Waals surface area contributed by atoms with Crippen LogP contribution >= 0.6 is 35.4 Å². The van der Waals surface area contributed by atoms with Crippen molar-refractivity contribution in [3.63, 3.8) is 0 Å². The van der Waals surface area contributed by atoms with Crippen molar-refractivity contribution in [1.29, 1.82) is 0 Å². The first-order valence-electron chi connectivity index (χ1n) is 8.58. The van der Waals surface area contributed by atoms with Crippen LogP contribution in [0.2, 0.25) is 10.0 Å². The molecule has 0 heterocycles. The molecule has 0 radical (unpaired) electrons. The third-order valence-electron chi connectivity index (χ3n) is 3.67. The number of nitrogens with one attached hydrogen (secondary N) is 3. The van der Waals surface area contributed by atoms with Gasteiger partial charge >= 0.3 is 0 Å². The molecule has 0 bridgehead atoms. The normalized spacial score (nSPS) is 10.1. The van der Waals surface area contributed by atoms with E-state index in [0.29, 0.717) is 46.0 Å². The Labute approximate surface area is 184 Å². The summed E-state index contributed by atoms with van der Waals surface area (Å²) in [5.74, 6) is 1.50. The van der Waals surface area contributed by atoms with Crippen molar-refractivity contribution >= 4 is 52.1 Å². The second-order valence-corrected chi connectivity index (χ2v) is 6.97. The number of rotatable bonds is 8. The van der Waals surface area contributed by atoms with Gasteiger partial charge in [0, 0.05) is 17.5 Å². The predicted molar refractivity (Wildman–Crippen MR) is 118 cm³/mol. The Balaban J connectivity index is 1.71. The molecule has 0 atom stereocenters. The Kier molecular flexibility index (Phi) is 9.11. The van der Waals surface area contributed by atoms with Gasteiger partial charge in [-0.05, 0) is 49.0 Å². The number of hydrogen-bond acceptors (Lipinski definition) is 5. The van der Waals surface area contributed by atoms with Gasteiger partial charge in [0.2, 0.25) is 5.91 Å². The van der Waals surface area contributed by atoms with E-state index in [2.05, 4.69) is 16.2 Å². The first kappa shape index (κ1) is 22.9. The van der Waals surface area contributed by atoms with Crippen LogP contribution in [0.4, 0.5) is 5.69 Å². The highest BCUT2D eigenvalue weighted by molar-refractivity contribution is 7.80. The van der Waals surface area contributed by atoms with Gasteiger partial charge in [0.25, 0.3) is 0 Å². The monoisotopic (exact) mass is 457 g/mol. The number of amides is 1. The average Bonchev–Trinajstić information content (AvgIpc) is 2.70. The lowest BCUT2D eigenvalue weighted by Gasteiger charge is -2.15. The summed E-state index contributed by atoms with van der Waals surface area (Å²) in [4.78, 5) is 11.9. The Bertz CT molecular complexity index is 867. The van der Waals surface area contributed by atoms with Crippen LogP contribution in [0.5, 0.6) is 17.2 Å². The summed E-state index contributed by atoms with van der Waals surface area (Å²) in [5.41, 5.74) is 5.77. The minimum atomic E-state index is -0.238. The summed E-state index contributed by atoms with van der Waals surface area (Å²) in [5, 5.41) is 4.10. The zero-order valence-electron chi connectivity index (χ0n) is 15.9. The van der Waals surface area contributed by atoms with Crippen molar-refractivity contribution < 1.29 is 19.0 Å². The lowest BCUT2D eigenvalue weighted by atomic mass is 10.2. The van der Waals surface area contributed by atoms with E-state index < -0.39 is 0 Å². The fourth-order valence-electron chi connectivity index (χ4n) is 2.26. The molecule has 2 rings (SSSR count). The van der Waals surface area contributed by atoms with Gasteiger partial charge in [-0.25, -0.2) is 0 Å². The number of carbonyl (C=O) groups excluding carboxylic acids is 1. The van der Waals surface area contributed by atoms with Gasteiger partial charge < -0.3 is 19.5 Å². The summed E-state index contributed by atoms with van der Waals surface area (Å²) in [6.45, 7) is 0.332. The fourth-order valence-corrected chi connectivity index (χ4v) is 2.89. The van der Waals surface area contributed by atoms with E-state index in [9.17, 15) is 4.79 Å². The maximum Gasteiger partial charge on any atom is 0.238 e. The third-order valence-corrected chi connectivity index (χ3v) is 4.40. The molecule has 0 aromatic heterocycles. The van der Waals surface area contributed by atoms with Crippen molar-refractivity contribution in [2.45, 2.75) is 12.8 Å². The molecule has 29 heavy (non-hydrogen) atoms. The molecule has 0 saturated heterocycles. The van der Waals surface area contributed by atoms with E-state index in [1.165, 1.54) is 0 Å². The molecule has 0 spiro atoms. The van der Waals surface area contributed by atoms with Gasteiger partial charge in [-0.2, -0.15) is 0 Å². The number of thiocarbonyl (C=S) groups is 1. The van der Waals surface area contributed by atoms with Crippen LogP contribution in [0.15, 0.2) is 36.4 Å². The smallest absolute Gasteiger partial charge is 0.238 e. The molecule has 0 saturated carbocycles. The quantitative estimate of drug-likeness (QED) is 0.311. The van der Waals surface area contributed by atoms with E-state index in [1.807, 2.05) is 0 Å². The molecule has 7 nitrogen and oxygen atoms in total. The molecule has 0 unspecified atom stereocenters. The molecule has 0 aliphatic heterocycles. The average molecular weight is 458 g/mol. The number of benzene rings is 2. The minimum Gasteiger partial charge on any atom is -0.497 e. The van der Waals surface area contributed by atoms with Crippen LogP contribution in [0.25, 0.3) is 0 Å². The first-order chi connectivity index (χ1) is 13.9. The Morgan fingerprint density at radius 2 is 1.79 bits per heavy atom. The van der Waals surface area contributed by atoms with E-state index in [0.717, 1.165) is 0 Å². The molecule has 2 aromatic carbocycles. The Hall–Kier alpha value is -2.42. The highest BCUT2D eigenvalue weighted by Crippen LogP contribution is 2.29. The number of hydrazine groups is 1. The molecule has 0 fully saturated rings. The number of hydrogen-bond donors (Lipinski definition) is 3. The summed E-state index contributed by atoms with van der Waals surface area (Å²) in [6, 6.07) is 10.2. The number of anilines is 1. The molecular formula is C19H21Cl2N3O4S. The molecule has 10 heteroatoms. The Morgan fingerprint density at radius 1 is 1.03 bits per heavy atom. The number of methoxy groups -OCH3 is 2. The number of ether oxygens (including phenoxy) is 3. The topological polar surface area (TPSA) is 80.9 Å². The van der Waals surface area contributed by atoms with E-state index in [1.54, 1.807) is 50.6 Å². The zero-order chi connectivity index (χ0) is 21.2. The van der Waals surface area contributed by atoms with Crippen LogP contribution in [0.3, 0.4) is 0 Å². The largest absolute Gasteiger partial charge is 0.497 e.